The Morgan fingerprint density at radius 3 is 2.53 bits per heavy atom. The van der Waals surface area contributed by atoms with Crippen LogP contribution in [0, 0.1) is 0 Å². The summed E-state index contributed by atoms with van der Waals surface area (Å²) in [6, 6.07) is 7.34. The fraction of sp³-hybridized carbons (Fsp3) is 0.167. The maximum atomic E-state index is 11.9. The molecule has 2 aromatic rings. The molecule has 0 spiro atoms. The first kappa shape index (κ1) is 14.1. The summed E-state index contributed by atoms with van der Waals surface area (Å²) in [5.74, 6) is 0. The maximum Gasteiger partial charge on any atom is 0.240 e. The molecule has 1 unspecified atom stereocenters. The Kier molecular flexibility index (Phi) is 4.26. The summed E-state index contributed by atoms with van der Waals surface area (Å²) in [5.41, 5.74) is 0.513. The lowest BCUT2D eigenvalue weighted by molar-refractivity contribution is 0.181. The second kappa shape index (κ2) is 5.75. The van der Waals surface area contributed by atoms with Gasteiger partial charge in [0.25, 0.3) is 0 Å². The van der Waals surface area contributed by atoms with Crippen LogP contribution in [-0.2, 0) is 10.0 Å². The van der Waals surface area contributed by atoms with Gasteiger partial charge in [-0.3, -0.25) is 0 Å². The van der Waals surface area contributed by atoms with Crippen LogP contribution in [0.3, 0.4) is 0 Å². The van der Waals surface area contributed by atoms with Crippen LogP contribution in [0.5, 0.6) is 0 Å². The van der Waals surface area contributed by atoms with Crippen molar-refractivity contribution in [2.75, 3.05) is 6.54 Å². The Balaban J connectivity index is 2.04. The second-order valence-electron chi connectivity index (χ2n) is 3.88. The largest absolute Gasteiger partial charge is 0.472 e. The Hall–Kier alpha value is -1.34. The minimum absolute atomic E-state index is 0.0938. The quantitative estimate of drug-likeness (QED) is 0.884. The van der Waals surface area contributed by atoms with Gasteiger partial charge in [-0.1, -0.05) is 11.6 Å². The molecule has 0 saturated heterocycles. The number of aliphatic hydroxyl groups is 1. The molecule has 2 rings (SSSR count). The minimum Gasteiger partial charge on any atom is -0.472 e. The van der Waals surface area contributed by atoms with Gasteiger partial charge in [-0.25, -0.2) is 13.1 Å². The molecule has 1 aromatic carbocycles. The van der Waals surface area contributed by atoms with Gasteiger partial charge in [-0.05, 0) is 30.3 Å². The Morgan fingerprint density at radius 2 is 1.95 bits per heavy atom. The van der Waals surface area contributed by atoms with E-state index in [-0.39, 0.29) is 11.4 Å². The average Bonchev–Trinajstić information content (AvgIpc) is 2.90. The second-order valence-corrected chi connectivity index (χ2v) is 6.08. The van der Waals surface area contributed by atoms with Crippen LogP contribution >= 0.6 is 11.6 Å². The molecule has 1 aromatic heterocycles. The van der Waals surface area contributed by atoms with Gasteiger partial charge in [-0.15, -0.1) is 0 Å². The van der Waals surface area contributed by atoms with Gasteiger partial charge in [0, 0.05) is 17.1 Å². The number of halogens is 1. The fourth-order valence-corrected chi connectivity index (χ4v) is 2.63. The zero-order valence-corrected chi connectivity index (χ0v) is 11.4. The van der Waals surface area contributed by atoms with Crippen LogP contribution < -0.4 is 4.72 Å². The molecule has 0 aliphatic heterocycles. The zero-order chi connectivity index (χ0) is 13.9. The molecule has 5 nitrogen and oxygen atoms in total. The molecule has 102 valence electrons. The van der Waals surface area contributed by atoms with E-state index in [1.165, 1.54) is 36.8 Å². The number of nitrogens with one attached hydrogen (secondary N) is 1. The third-order valence-electron chi connectivity index (χ3n) is 2.52. The molecule has 1 atom stereocenters. The van der Waals surface area contributed by atoms with E-state index in [1.807, 2.05) is 0 Å². The Morgan fingerprint density at radius 1 is 1.26 bits per heavy atom. The summed E-state index contributed by atoms with van der Waals surface area (Å²) in [6.07, 6.45) is 1.81. The van der Waals surface area contributed by atoms with Gasteiger partial charge < -0.3 is 9.52 Å². The molecule has 0 fully saturated rings. The first-order valence-corrected chi connectivity index (χ1v) is 7.30. The van der Waals surface area contributed by atoms with Crippen molar-refractivity contribution in [2.45, 2.75) is 11.0 Å². The summed E-state index contributed by atoms with van der Waals surface area (Å²) in [4.78, 5) is 0.0938. The van der Waals surface area contributed by atoms with E-state index in [0.717, 1.165) is 0 Å². The highest BCUT2D eigenvalue weighted by Crippen LogP contribution is 2.16. The predicted molar refractivity (Wildman–Crippen MR) is 70.3 cm³/mol. The predicted octanol–water partition coefficient (Wildman–Crippen LogP) is 1.94. The molecule has 0 saturated carbocycles. The van der Waals surface area contributed by atoms with E-state index in [4.69, 9.17) is 16.0 Å². The van der Waals surface area contributed by atoms with Crippen molar-refractivity contribution in [1.82, 2.24) is 4.72 Å². The monoisotopic (exact) mass is 301 g/mol. The number of rotatable bonds is 5. The number of hydrogen-bond donors (Lipinski definition) is 2. The standard InChI is InChI=1S/C12H12ClNO4S/c13-10-1-3-11(4-2-10)19(16,17)14-7-12(15)9-5-6-18-8-9/h1-6,8,12,14-15H,7H2. The van der Waals surface area contributed by atoms with E-state index in [0.29, 0.717) is 10.6 Å². The van der Waals surface area contributed by atoms with Crippen LogP contribution in [-0.4, -0.2) is 20.1 Å². The van der Waals surface area contributed by atoms with E-state index >= 15 is 0 Å². The molecule has 1 heterocycles. The highest BCUT2D eigenvalue weighted by molar-refractivity contribution is 7.89. The third kappa shape index (κ3) is 3.57. The summed E-state index contributed by atoms with van der Waals surface area (Å²) >= 11 is 5.69. The Bertz CT molecular complexity index is 622. The average molecular weight is 302 g/mol. The van der Waals surface area contributed by atoms with Crippen molar-refractivity contribution in [2.24, 2.45) is 0 Å². The molecule has 19 heavy (non-hydrogen) atoms. The van der Waals surface area contributed by atoms with E-state index in [2.05, 4.69) is 4.72 Å². The van der Waals surface area contributed by atoms with Crippen molar-refractivity contribution in [3.63, 3.8) is 0 Å². The van der Waals surface area contributed by atoms with E-state index < -0.39 is 16.1 Å². The van der Waals surface area contributed by atoms with Gasteiger partial charge in [0.05, 0.1) is 23.5 Å². The van der Waals surface area contributed by atoms with Gasteiger partial charge in [0.15, 0.2) is 0 Å². The van der Waals surface area contributed by atoms with Crippen molar-refractivity contribution in [1.29, 1.82) is 0 Å². The van der Waals surface area contributed by atoms with Gasteiger partial charge in [0.1, 0.15) is 0 Å². The van der Waals surface area contributed by atoms with Gasteiger partial charge in [0.2, 0.25) is 10.0 Å². The SMILES string of the molecule is O=S(=O)(NCC(O)c1ccoc1)c1ccc(Cl)cc1. The van der Waals surface area contributed by atoms with Gasteiger partial charge in [-0.2, -0.15) is 0 Å². The molecule has 0 amide bonds. The van der Waals surface area contributed by atoms with Crippen LogP contribution in [0.1, 0.15) is 11.7 Å². The van der Waals surface area contributed by atoms with Crippen molar-refractivity contribution in [3.8, 4) is 0 Å². The van der Waals surface area contributed by atoms with Crippen molar-refractivity contribution in [3.05, 3.63) is 53.4 Å². The highest BCUT2D eigenvalue weighted by Gasteiger charge is 2.17. The number of furan rings is 1. The molecular formula is C12H12ClNO4S. The normalized spacial score (nSPS) is 13.4. The van der Waals surface area contributed by atoms with E-state index in [9.17, 15) is 13.5 Å². The number of aliphatic hydroxyl groups excluding tert-OH is 1. The number of sulfonamides is 1. The van der Waals surface area contributed by atoms with Crippen molar-refractivity contribution >= 4 is 21.6 Å². The van der Waals surface area contributed by atoms with Crippen molar-refractivity contribution < 1.29 is 17.9 Å². The molecular weight excluding hydrogens is 290 g/mol. The minimum atomic E-state index is -3.66. The molecule has 2 N–H and O–H groups in total. The molecule has 0 aliphatic carbocycles. The van der Waals surface area contributed by atoms with Crippen LogP contribution in [0.4, 0.5) is 0 Å². The summed E-state index contributed by atoms with van der Waals surface area (Å²) < 4.78 is 31.0. The lowest BCUT2D eigenvalue weighted by Crippen LogP contribution is -2.28. The smallest absolute Gasteiger partial charge is 0.240 e. The molecule has 0 aliphatic rings. The first-order chi connectivity index (χ1) is 8.99. The van der Waals surface area contributed by atoms with E-state index in [1.54, 1.807) is 6.07 Å². The van der Waals surface area contributed by atoms with Crippen LogP contribution in [0.15, 0.2) is 52.2 Å². The molecule has 0 radical (unpaired) electrons. The topological polar surface area (TPSA) is 79.5 Å². The van der Waals surface area contributed by atoms with Gasteiger partial charge >= 0.3 is 0 Å². The number of benzene rings is 1. The molecule has 7 heteroatoms. The summed E-state index contributed by atoms with van der Waals surface area (Å²) in [7, 11) is -3.66. The Labute approximate surface area is 115 Å². The van der Waals surface area contributed by atoms with Crippen LogP contribution in [0.2, 0.25) is 5.02 Å². The highest BCUT2D eigenvalue weighted by atomic mass is 35.5. The van der Waals surface area contributed by atoms with Crippen LogP contribution in [0.25, 0.3) is 0 Å². The zero-order valence-electron chi connectivity index (χ0n) is 9.78. The summed E-state index contributed by atoms with van der Waals surface area (Å²) in [6.45, 7) is -0.134. The lowest BCUT2D eigenvalue weighted by atomic mass is 10.2. The number of hydrogen-bond acceptors (Lipinski definition) is 4. The maximum absolute atomic E-state index is 11.9. The first-order valence-electron chi connectivity index (χ1n) is 5.44. The summed E-state index contributed by atoms with van der Waals surface area (Å²) in [5, 5.41) is 10.2. The fourth-order valence-electron chi connectivity index (χ4n) is 1.47. The lowest BCUT2D eigenvalue weighted by Gasteiger charge is -2.10. The molecule has 0 bridgehead atoms. The third-order valence-corrected chi connectivity index (χ3v) is 4.21.